The molecule has 0 aliphatic carbocycles. The van der Waals surface area contributed by atoms with Crippen molar-refractivity contribution in [3.05, 3.63) is 29.8 Å². The number of carboxylic acids is 1. The first-order valence-corrected chi connectivity index (χ1v) is 8.13. The van der Waals surface area contributed by atoms with E-state index in [1.54, 1.807) is 41.5 Å². The quantitative estimate of drug-likeness (QED) is 0.594. The first-order valence-electron chi connectivity index (χ1n) is 8.13. The van der Waals surface area contributed by atoms with Crippen molar-refractivity contribution in [1.29, 1.82) is 0 Å². The lowest BCUT2D eigenvalue weighted by Gasteiger charge is -2.27. The Morgan fingerprint density at radius 1 is 1.04 bits per heavy atom. The highest BCUT2D eigenvalue weighted by atomic mass is 16.6. The second kappa shape index (κ2) is 8.07. The van der Waals surface area contributed by atoms with E-state index < -0.39 is 35.3 Å². The molecule has 9 nitrogen and oxygen atoms in total. The van der Waals surface area contributed by atoms with E-state index in [1.807, 2.05) is 0 Å². The van der Waals surface area contributed by atoms with E-state index >= 15 is 0 Å². The van der Waals surface area contributed by atoms with Crippen LogP contribution in [0.3, 0.4) is 0 Å². The SMILES string of the molecule is CC(C)(C)OC(=O)N=C(N)N(C(=O)OC(C)(C)C)c1cccc(C(=O)O)c1. The Morgan fingerprint density at radius 2 is 1.59 bits per heavy atom. The number of nitrogens with zero attached hydrogens (tertiary/aromatic N) is 2. The molecule has 148 valence electrons. The zero-order chi connectivity index (χ0) is 21.0. The molecule has 0 unspecified atom stereocenters. The van der Waals surface area contributed by atoms with Crippen LogP contribution in [0.1, 0.15) is 51.9 Å². The van der Waals surface area contributed by atoms with Gasteiger partial charge in [-0.3, -0.25) is 0 Å². The molecule has 27 heavy (non-hydrogen) atoms. The van der Waals surface area contributed by atoms with E-state index in [0.717, 1.165) is 4.90 Å². The van der Waals surface area contributed by atoms with Crippen LogP contribution in [0.15, 0.2) is 29.3 Å². The van der Waals surface area contributed by atoms with Crippen LogP contribution in [0.4, 0.5) is 15.3 Å². The van der Waals surface area contributed by atoms with Crippen molar-refractivity contribution in [3.63, 3.8) is 0 Å². The van der Waals surface area contributed by atoms with Crippen molar-refractivity contribution in [2.75, 3.05) is 4.90 Å². The molecule has 0 bridgehead atoms. The summed E-state index contributed by atoms with van der Waals surface area (Å²) in [5.74, 6) is -1.70. The highest BCUT2D eigenvalue weighted by Crippen LogP contribution is 2.20. The molecule has 1 rings (SSSR count). The zero-order valence-corrected chi connectivity index (χ0v) is 16.3. The number of benzene rings is 1. The van der Waals surface area contributed by atoms with E-state index in [-0.39, 0.29) is 11.3 Å². The molecular formula is C18H25N3O6. The fraction of sp³-hybridized carbons (Fsp3) is 0.444. The van der Waals surface area contributed by atoms with E-state index in [2.05, 4.69) is 4.99 Å². The Bertz CT molecular complexity index is 759. The van der Waals surface area contributed by atoms with Crippen LogP contribution in [0.25, 0.3) is 0 Å². The number of ether oxygens (including phenoxy) is 2. The van der Waals surface area contributed by atoms with Crippen LogP contribution in [-0.4, -0.2) is 40.4 Å². The predicted octanol–water partition coefficient (Wildman–Crippen LogP) is 3.38. The number of carbonyl (C=O) groups is 3. The lowest BCUT2D eigenvalue weighted by molar-refractivity contribution is 0.0597. The van der Waals surface area contributed by atoms with Gasteiger partial charge in [0, 0.05) is 0 Å². The molecule has 2 amide bonds. The maximum atomic E-state index is 12.6. The van der Waals surface area contributed by atoms with Gasteiger partial charge >= 0.3 is 18.2 Å². The van der Waals surface area contributed by atoms with Crippen LogP contribution in [0, 0.1) is 0 Å². The molecule has 1 aromatic carbocycles. The zero-order valence-electron chi connectivity index (χ0n) is 16.3. The number of rotatable bonds is 2. The van der Waals surface area contributed by atoms with Gasteiger partial charge in [-0.05, 0) is 59.7 Å². The Hall–Kier alpha value is -3.10. The molecule has 0 saturated heterocycles. The van der Waals surface area contributed by atoms with Crippen LogP contribution in [-0.2, 0) is 9.47 Å². The molecule has 0 aromatic heterocycles. The van der Waals surface area contributed by atoms with E-state index in [9.17, 15) is 14.4 Å². The van der Waals surface area contributed by atoms with Gasteiger partial charge in [0.05, 0.1) is 11.3 Å². The summed E-state index contributed by atoms with van der Waals surface area (Å²) in [6.07, 6.45) is -1.92. The van der Waals surface area contributed by atoms with Crippen LogP contribution >= 0.6 is 0 Å². The van der Waals surface area contributed by atoms with E-state index in [4.69, 9.17) is 20.3 Å². The van der Waals surface area contributed by atoms with Crippen LogP contribution in [0.2, 0.25) is 0 Å². The second-order valence-corrected chi connectivity index (χ2v) is 7.62. The predicted molar refractivity (Wildman–Crippen MR) is 100.0 cm³/mol. The van der Waals surface area contributed by atoms with Gasteiger partial charge in [0.15, 0.2) is 0 Å². The van der Waals surface area contributed by atoms with Crippen molar-refractivity contribution in [2.24, 2.45) is 10.7 Å². The van der Waals surface area contributed by atoms with E-state index in [1.165, 1.54) is 24.3 Å². The summed E-state index contributed by atoms with van der Waals surface area (Å²) < 4.78 is 10.3. The lowest BCUT2D eigenvalue weighted by Crippen LogP contribution is -2.45. The summed E-state index contributed by atoms with van der Waals surface area (Å²) in [4.78, 5) is 40.1. The molecular weight excluding hydrogens is 354 g/mol. The molecule has 0 aliphatic heterocycles. The average Bonchev–Trinajstić information content (AvgIpc) is 2.43. The first kappa shape index (κ1) is 21.9. The molecule has 0 radical (unpaired) electrons. The molecule has 0 heterocycles. The molecule has 0 spiro atoms. The number of anilines is 1. The normalized spacial score (nSPS) is 12.3. The van der Waals surface area contributed by atoms with Crippen LogP contribution in [0.5, 0.6) is 0 Å². The number of aliphatic imine (C=N–C) groups is 1. The molecule has 3 N–H and O–H groups in total. The summed E-state index contributed by atoms with van der Waals surface area (Å²) in [6.45, 7) is 9.91. The van der Waals surface area contributed by atoms with Gasteiger partial charge in [0.25, 0.3) is 0 Å². The number of guanidine groups is 1. The molecule has 0 atom stereocenters. The third-order valence-corrected chi connectivity index (χ3v) is 2.76. The van der Waals surface area contributed by atoms with Crippen molar-refractivity contribution in [3.8, 4) is 0 Å². The van der Waals surface area contributed by atoms with Crippen molar-refractivity contribution in [1.82, 2.24) is 0 Å². The monoisotopic (exact) mass is 379 g/mol. The van der Waals surface area contributed by atoms with Gasteiger partial charge in [-0.15, -0.1) is 4.99 Å². The van der Waals surface area contributed by atoms with Gasteiger partial charge in [0.2, 0.25) is 5.96 Å². The number of amides is 2. The largest absolute Gasteiger partial charge is 0.478 e. The van der Waals surface area contributed by atoms with Crippen molar-refractivity contribution < 1.29 is 29.0 Å². The maximum absolute atomic E-state index is 12.6. The summed E-state index contributed by atoms with van der Waals surface area (Å²) in [5, 5.41) is 9.16. The number of carbonyl (C=O) groups excluding carboxylic acids is 2. The molecule has 0 aliphatic rings. The molecule has 9 heteroatoms. The Balaban J connectivity index is 3.33. The highest BCUT2D eigenvalue weighted by molar-refractivity contribution is 6.15. The third kappa shape index (κ3) is 7.35. The Labute approximate surface area is 157 Å². The van der Waals surface area contributed by atoms with Crippen LogP contribution < -0.4 is 10.6 Å². The van der Waals surface area contributed by atoms with Gasteiger partial charge in [0.1, 0.15) is 11.2 Å². The number of hydrogen-bond acceptors (Lipinski definition) is 5. The number of hydrogen-bond donors (Lipinski definition) is 2. The minimum absolute atomic E-state index is 0.0777. The fourth-order valence-electron chi connectivity index (χ4n) is 1.85. The van der Waals surface area contributed by atoms with Gasteiger partial charge in [-0.25, -0.2) is 19.3 Å². The summed E-state index contributed by atoms with van der Waals surface area (Å²) >= 11 is 0. The maximum Gasteiger partial charge on any atom is 0.437 e. The highest BCUT2D eigenvalue weighted by Gasteiger charge is 2.28. The lowest BCUT2D eigenvalue weighted by atomic mass is 10.2. The van der Waals surface area contributed by atoms with E-state index in [0.29, 0.717) is 0 Å². The summed E-state index contributed by atoms with van der Waals surface area (Å²) in [7, 11) is 0. The summed E-state index contributed by atoms with van der Waals surface area (Å²) in [6, 6.07) is 5.43. The van der Waals surface area contributed by atoms with Gasteiger partial charge in [-0.1, -0.05) is 6.07 Å². The van der Waals surface area contributed by atoms with Gasteiger partial charge < -0.3 is 20.3 Å². The Morgan fingerprint density at radius 3 is 2.07 bits per heavy atom. The molecule has 1 aromatic rings. The first-order chi connectivity index (χ1) is 12.2. The fourth-order valence-corrected chi connectivity index (χ4v) is 1.85. The topological polar surface area (TPSA) is 132 Å². The number of carboxylic acid groups (broad SMARTS) is 1. The third-order valence-electron chi connectivity index (χ3n) is 2.76. The smallest absolute Gasteiger partial charge is 0.437 e. The average molecular weight is 379 g/mol. The minimum atomic E-state index is -1.19. The Kier molecular flexibility index (Phi) is 6.56. The van der Waals surface area contributed by atoms with Gasteiger partial charge in [-0.2, -0.15) is 0 Å². The van der Waals surface area contributed by atoms with Crippen molar-refractivity contribution >= 4 is 29.8 Å². The standard InChI is InChI=1S/C18H25N3O6/c1-17(2,3)26-15(24)20-14(19)21(16(25)27-18(4,5)6)12-9-7-8-11(10-12)13(22)23/h7-10H,1-6H3,(H,22,23)(H2,19,20,24). The second-order valence-electron chi connectivity index (χ2n) is 7.62. The number of aromatic carboxylic acids is 1. The minimum Gasteiger partial charge on any atom is -0.478 e. The molecule has 0 saturated carbocycles. The molecule has 0 fully saturated rings. The van der Waals surface area contributed by atoms with Crippen molar-refractivity contribution in [2.45, 2.75) is 52.7 Å². The summed E-state index contributed by atoms with van der Waals surface area (Å²) in [5.41, 5.74) is 4.18. The number of nitrogens with two attached hydrogens (primary N) is 1.